The molecular weight excluding hydrogens is 322 g/mol. The molecule has 0 amide bonds. The highest BCUT2D eigenvalue weighted by molar-refractivity contribution is 5.66. The average molecular weight is 343 g/mol. The molecule has 1 aromatic heterocycles. The summed E-state index contributed by atoms with van der Waals surface area (Å²) in [5.74, 6) is 2.55. The van der Waals surface area contributed by atoms with E-state index in [4.69, 9.17) is 14.6 Å². The topological polar surface area (TPSA) is 86.5 Å². The third-order valence-corrected chi connectivity index (χ3v) is 4.84. The molecule has 7 heteroatoms. The van der Waals surface area contributed by atoms with Crippen molar-refractivity contribution in [1.82, 2.24) is 14.8 Å². The van der Waals surface area contributed by atoms with Crippen LogP contribution < -0.4 is 9.47 Å². The van der Waals surface area contributed by atoms with Gasteiger partial charge in [-0.3, -0.25) is 4.79 Å². The maximum Gasteiger partial charge on any atom is 0.325 e. The smallest absolute Gasteiger partial charge is 0.325 e. The average Bonchev–Trinajstić information content (AvgIpc) is 3.32. The van der Waals surface area contributed by atoms with E-state index in [1.807, 2.05) is 18.2 Å². The molecule has 1 aliphatic carbocycles. The molecule has 2 aliphatic rings. The first-order chi connectivity index (χ1) is 12.2. The highest BCUT2D eigenvalue weighted by Crippen LogP contribution is 2.34. The SMILES string of the molecule is O=C(O)Cn1nc(C2CCCC2)nc1CCc1ccc2c(c1)OCO2. The molecule has 0 bridgehead atoms. The minimum Gasteiger partial charge on any atom is -0.480 e. The Bertz CT molecular complexity index is 781. The van der Waals surface area contributed by atoms with Crippen molar-refractivity contribution in [2.45, 2.75) is 51.0 Å². The summed E-state index contributed by atoms with van der Waals surface area (Å²) in [6.07, 6.45) is 5.98. The Morgan fingerprint density at radius 1 is 1.20 bits per heavy atom. The van der Waals surface area contributed by atoms with Crippen LogP contribution in [0, 0.1) is 0 Å². The van der Waals surface area contributed by atoms with Crippen molar-refractivity contribution >= 4 is 5.97 Å². The lowest BCUT2D eigenvalue weighted by Gasteiger charge is -2.04. The van der Waals surface area contributed by atoms with E-state index in [2.05, 4.69) is 10.1 Å². The van der Waals surface area contributed by atoms with Crippen LogP contribution in [0.5, 0.6) is 11.5 Å². The van der Waals surface area contributed by atoms with E-state index >= 15 is 0 Å². The number of aromatic nitrogens is 3. The summed E-state index contributed by atoms with van der Waals surface area (Å²) in [6, 6.07) is 5.88. The second-order valence-electron chi connectivity index (χ2n) is 6.61. The minimum absolute atomic E-state index is 0.143. The van der Waals surface area contributed by atoms with Crippen LogP contribution >= 0.6 is 0 Å². The fraction of sp³-hybridized carbons (Fsp3) is 0.500. The Morgan fingerprint density at radius 2 is 2.00 bits per heavy atom. The van der Waals surface area contributed by atoms with Gasteiger partial charge in [0.1, 0.15) is 12.4 Å². The Hall–Kier alpha value is -2.57. The first-order valence-corrected chi connectivity index (χ1v) is 8.73. The normalized spacial score (nSPS) is 16.5. The van der Waals surface area contributed by atoms with Gasteiger partial charge in [-0.1, -0.05) is 18.9 Å². The van der Waals surface area contributed by atoms with Crippen molar-refractivity contribution in [2.24, 2.45) is 0 Å². The first kappa shape index (κ1) is 15.9. The molecule has 1 N–H and O–H groups in total. The molecule has 2 aromatic rings. The van der Waals surface area contributed by atoms with Crippen LogP contribution in [-0.4, -0.2) is 32.6 Å². The Morgan fingerprint density at radius 3 is 2.80 bits per heavy atom. The number of fused-ring (bicyclic) bond motifs is 1. The van der Waals surface area contributed by atoms with E-state index in [0.717, 1.165) is 48.0 Å². The third-order valence-electron chi connectivity index (χ3n) is 4.84. The van der Waals surface area contributed by atoms with E-state index in [0.29, 0.717) is 12.3 Å². The van der Waals surface area contributed by atoms with Crippen LogP contribution in [0.25, 0.3) is 0 Å². The van der Waals surface area contributed by atoms with E-state index in [1.54, 1.807) is 4.68 Å². The summed E-state index contributed by atoms with van der Waals surface area (Å²) in [5, 5.41) is 13.6. The molecule has 0 atom stereocenters. The number of benzene rings is 1. The van der Waals surface area contributed by atoms with E-state index in [1.165, 1.54) is 12.8 Å². The molecular formula is C18H21N3O4. The molecule has 4 rings (SSSR count). The number of ether oxygens (including phenoxy) is 2. The second kappa shape index (κ2) is 6.74. The molecule has 0 unspecified atom stereocenters. The van der Waals surface area contributed by atoms with Crippen molar-refractivity contribution < 1.29 is 19.4 Å². The van der Waals surface area contributed by atoms with E-state index in [-0.39, 0.29) is 13.3 Å². The lowest BCUT2D eigenvalue weighted by molar-refractivity contribution is -0.137. The van der Waals surface area contributed by atoms with Crippen LogP contribution in [-0.2, 0) is 24.2 Å². The summed E-state index contributed by atoms with van der Waals surface area (Å²) in [4.78, 5) is 15.8. The van der Waals surface area contributed by atoms with Crippen LogP contribution in [0.2, 0.25) is 0 Å². The predicted molar refractivity (Wildman–Crippen MR) is 88.8 cm³/mol. The van der Waals surface area contributed by atoms with Crippen LogP contribution in [0.4, 0.5) is 0 Å². The maximum atomic E-state index is 11.1. The number of rotatable bonds is 6. The van der Waals surface area contributed by atoms with Gasteiger partial charge in [-0.15, -0.1) is 0 Å². The molecule has 1 saturated carbocycles. The van der Waals surface area contributed by atoms with Crippen LogP contribution in [0.1, 0.15) is 48.8 Å². The molecule has 132 valence electrons. The van der Waals surface area contributed by atoms with Gasteiger partial charge >= 0.3 is 5.97 Å². The maximum absolute atomic E-state index is 11.1. The number of carboxylic acid groups (broad SMARTS) is 1. The fourth-order valence-corrected chi connectivity index (χ4v) is 3.54. The molecule has 0 radical (unpaired) electrons. The number of hydrogen-bond acceptors (Lipinski definition) is 5. The third kappa shape index (κ3) is 3.45. The van der Waals surface area contributed by atoms with Gasteiger partial charge in [-0.2, -0.15) is 5.10 Å². The van der Waals surface area contributed by atoms with E-state index < -0.39 is 5.97 Å². The minimum atomic E-state index is -0.896. The molecule has 2 heterocycles. The lowest BCUT2D eigenvalue weighted by Crippen LogP contribution is -2.14. The summed E-state index contributed by atoms with van der Waals surface area (Å²) >= 11 is 0. The number of aliphatic carboxylic acids is 1. The van der Waals surface area contributed by atoms with Crippen molar-refractivity contribution in [1.29, 1.82) is 0 Å². The van der Waals surface area contributed by atoms with Gasteiger partial charge in [0.2, 0.25) is 6.79 Å². The molecule has 1 fully saturated rings. The Labute approximate surface area is 145 Å². The van der Waals surface area contributed by atoms with Crippen molar-refractivity contribution in [3.8, 4) is 11.5 Å². The fourth-order valence-electron chi connectivity index (χ4n) is 3.54. The summed E-state index contributed by atoms with van der Waals surface area (Å²) in [7, 11) is 0. The van der Waals surface area contributed by atoms with Crippen molar-refractivity contribution in [3.63, 3.8) is 0 Å². The quantitative estimate of drug-likeness (QED) is 0.867. The molecule has 0 saturated heterocycles. The van der Waals surface area contributed by atoms with E-state index in [9.17, 15) is 4.79 Å². The standard InChI is InChI=1S/C18H21N3O4/c22-17(23)10-21-16(19-18(20-21)13-3-1-2-4-13)8-6-12-5-7-14-15(9-12)25-11-24-14/h5,7,9,13H,1-4,6,8,10-11H2,(H,22,23). The first-order valence-electron chi connectivity index (χ1n) is 8.73. The zero-order valence-corrected chi connectivity index (χ0v) is 14.0. The summed E-state index contributed by atoms with van der Waals surface area (Å²) in [6.45, 7) is 0.118. The second-order valence-corrected chi connectivity index (χ2v) is 6.61. The zero-order valence-electron chi connectivity index (χ0n) is 14.0. The molecule has 1 aromatic carbocycles. The highest BCUT2D eigenvalue weighted by atomic mass is 16.7. The zero-order chi connectivity index (χ0) is 17.2. The monoisotopic (exact) mass is 343 g/mol. The van der Waals surface area contributed by atoms with Crippen molar-refractivity contribution in [3.05, 3.63) is 35.4 Å². The van der Waals surface area contributed by atoms with Crippen LogP contribution in [0.3, 0.4) is 0 Å². The van der Waals surface area contributed by atoms with Crippen LogP contribution in [0.15, 0.2) is 18.2 Å². The summed E-state index contributed by atoms with van der Waals surface area (Å²) < 4.78 is 12.3. The van der Waals surface area contributed by atoms with Crippen molar-refractivity contribution in [2.75, 3.05) is 6.79 Å². The number of carboxylic acids is 1. The largest absolute Gasteiger partial charge is 0.480 e. The number of carbonyl (C=O) groups is 1. The predicted octanol–water partition coefficient (Wildman–Crippen LogP) is 2.53. The summed E-state index contributed by atoms with van der Waals surface area (Å²) in [5.41, 5.74) is 1.11. The molecule has 1 aliphatic heterocycles. The Balaban J connectivity index is 1.50. The lowest BCUT2D eigenvalue weighted by atomic mass is 10.1. The van der Waals surface area contributed by atoms with Gasteiger partial charge in [0.05, 0.1) is 0 Å². The molecule has 0 spiro atoms. The van der Waals surface area contributed by atoms with Gasteiger partial charge in [0.15, 0.2) is 17.3 Å². The van der Waals surface area contributed by atoms with Gasteiger partial charge in [-0.05, 0) is 37.0 Å². The number of nitrogens with zero attached hydrogens (tertiary/aromatic N) is 3. The number of hydrogen-bond donors (Lipinski definition) is 1. The van der Waals surface area contributed by atoms with Gasteiger partial charge in [0.25, 0.3) is 0 Å². The Kier molecular flexibility index (Phi) is 4.29. The molecule has 25 heavy (non-hydrogen) atoms. The molecule has 7 nitrogen and oxygen atoms in total. The van der Waals surface area contributed by atoms with Gasteiger partial charge in [-0.25, -0.2) is 9.67 Å². The number of aryl methyl sites for hydroxylation is 2. The van der Waals surface area contributed by atoms with Gasteiger partial charge < -0.3 is 14.6 Å². The highest BCUT2D eigenvalue weighted by Gasteiger charge is 2.23. The van der Waals surface area contributed by atoms with Gasteiger partial charge in [0, 0.05) is 12.3 Å².